The monoisotopic (exact) mass is 1410 g/mol. The maximum absolute atomic E-state index is 15.2. The summed E-state index contributed by atoms with van der Waals surface area (Å²) in [6.45, 7) is 11.2. The van der Waals surface area contributed by atoms with E-state index in [-0.39, 0.29) is 85.8 Å². The number of rotatable bonds is 23. The van der Waals surface area contributed by atoms with Gasteiger partial charge in [-0.2, -0.15) is 0 Å². The van der Waals surface area contributed by atoms with E-state index in [2.05, 4.69) is 37.4 Å². The molecule has 0 bridgehead atoms. The molecule has 18 nitrogen and oxygen atoms in total. The van der Waals surface area contributed by atoms with E-state index in [9.17, 15) is 27.9 Å². The molecule has 2 saturated heterocycles. The van der Waals surface area contributed by atoms with Gasteiger partial charge >= 0.3 is 18.3 Å². The fraction of sp³-hybridized carbons (Fsp3) is 0.514. The van der Waals surface area contributed by atoms with Crippen LogP contribution in [0.3, 0.4) is 0 Å². The average Bonchev–Trinajstić information content (AvgIpc) is 1.76. The number of halogens is 5. The summed E-state index contributed by atoms with van der Waals surface area (Å²) in [5.41, 5.74) is 6.65. The standard InChI is InChI=1S/C72H81Cl2F3N8O10S2/c1-5-6-7-8-23-83-42(3)33-54(52-35-45(74)10-18-62(52)91-30-28-84-43(4)79-59-15-11-46(36-55(59)68(84)86)81-24-19-49(20-25-81)94-48-13-14-48)67-65(83)58(40-97-67)71(90)93-38-63-80-60-16-12-47(82-26-21-50(22-27-82)95-72(75,76)77)37-56(60)69(87)85(63)29-31-92-61-17-9-44(73)34-51(61)53-32-41(2)78-64-57(70(88)89)39-96-66(53)64/h5-6,9-10,17-18,32,34-35,39-40,42,46-50,54H,7-8,11-16,19-31,33,36-38H2,1-4H3,(H,88,89)/b6-5-. The fourth-order valence-corrected chi connectivity index (χ4v) is 17.7. The molecule has 8 heterocycles. The molecule has 0 radical (unpaired) electrons. The molecule has 1 N–H and O–H groups in total. The van der Waals surface area contributed by atoms with Crippen LogP contribution < -0.4 is 25.5 Å². The van der Waals surface area contributed by atoms with Crippen molar-refractivity contribution in [2.24, 2.45) is 0 Å². The molecule has 97 heavy (non-hydrogen) atoms. The molecular weight excluding hydrogens is 1330 g/mol. The minimum absolute atomic E-state index is 0.00992. The van der Waals surface area contributed by atoms with Gasteiger partial charge in [0.1, 0.15) is 43.0 Å². The Morgan fingerprint density at radius 2 is 1.35 bits per heavy atom. The number of aromatic nitrogens is 5. The van der Waals surface area contributed by atoms with Crippen LogP contribution in [0.1, 0.15) is 161 Å². The second-order valence-electron chi connectivity index (χ2n) is 26.6. The molecule has 6 aliphatic rings. The number of pyridine rings is 1. The Balaban J connectivity index is 0.757. The summed E-state index contributed by atoms with van der Waals surface area (Å²) in [6.07, 6.45) is 10.2. The summed E-state index contributed by atoms with van der Waals surface area (Å²) >= 11 is 16.2. The first kappa shape index (κ1) is 68.8. The van der Waals surface area contributed by atoms with Crippen molar-refractivity contribution in [3.63, 3.8) is 0 Å². The zero-order valence-electron chi connectivity index (χ0n) is 55.0. The van der Waals surface area contributed by atoms with Crippen molar-refractivity contribution in [3.8, 4) is 22.6 Å². The van der Waals surface area contributed by atoms with Crippen molar-refractivity contribution in [1.82, 2.24) is 33.9 Å². The predicted octanol–water partition coefficient (Wildman–Crippen LogP) is 13.7. The molecule has 1 saturated carbocycles. The van der Waals surface area contributed by atoms with Crippen molar-refractivity contribution in [2.75, 3.05) is 50.8 Å². The van der Waals surface area contributed by atoms with E-state index >= 15 is 9.59 Å². The van der Waals surface area contributed by atoms with Crippen LogP contribution in [-0.4, -0.2) is 140 Å². The highest BCUT2D eigenvalue weighted by atomic mass is 35.5. The number of carboxylic acid groups (broad SMARTS) is 1. The number of carboxylic acids is 1. The van der Waals surface area contributed by atoms with Crippen molar-refractivity contribution in [2.45, 2.75) is 192 Å². The summed E-state index contributed by atoms with van der Waals surface area (Å²) in [5, 5.41) is 14.3. The number of aryl methyl sites for hydroxylation is 4. The van der Waals surface area contributed by atoms with Crippen LogP contribution in [-0.2, 0) is 59.6 Å². The first-order valence-corrected chi connectivity index (χ1v) is 36.5. The number of nitrogens with zero attached hydrogens (tertiary/aromatic N) is 8. The van der Waals surface area contributed by atoms with E-state index in [4.69, 9.17) is 52.1 Å². The lowest BCUT2D eigenvalue weighted by Gasteiger charge is -2.40. The van der Waals surface area contributed by atoms with Crippen molar-refractivity contribution in [1.29, 1.82) is 0 Å². The molecule has 3 aliphatic heterocycles. The third-order valence-corrected chi connectivity index (χ3v) is 22.7. The molecule has 3 fully saturated rings. The van der Waals surface area contributed by atoms with Crippen LogP contribution in [0, 0.1) is 13.8 Å². The Hall–Kier alpha value is -6.70. The second kappa shape index (κ2) is 29.6. The van der Waals surface area contributed by atoms with E-state index in [1.807, 2.05) is 43.5 Å². The van der Waals surface area contributed by atoms with Gasteiger partial charge in [-0.1, -0.05) is 35.4 Å². The van der Waals surface area contributed by atoms with Crippen LogP contribution >= 0.6 is 45.9 Å². The summed E-state index contributed by atoms with van der Waals surface area (Å²) in [6, 6.07) is 12.7. The Morgan fingerprint density at radius 1 is 0.732 bits per heavy atom. The molecule has 25 heteroatoms. The minimum atomic E-state index is -4.73. The van der Waals surface area contributed by atoms with Crippen LogP contribution in [0.2, 0.25) is 10.0 Å². The summed E-state index contributed by atoms with van der Waals surface area (Å²) in [7, 11) is 0. The summed E-state index contributed by atoms with van der Waals surface area (Å²) in [5.74, 6) is -0.0362. The number of esters is 1. The Labute approximate surface area is 579 Å². The van der Waals surface area contributed by atoms with Gasteiger partial charge in [-0.15, -0.1) is 35.8 Å². The third-order valence-electron chi connectivity index (χ3n) is 20.1. The summed E-state index contributed by atoms with van der Waals surface area (Å²) in [4.78, 5) is 79.4. The molecule has 0 spiro atoms. The highest BCUT2D eigenvalue weighted by Crippen LogP contribution is 2.50. The summed E-state index contributed by atoms with van der Waals surface area (Å²) < 4.78 is 73.7. The Kier molecular flexibility index (Phi) is 21.0. The van der Waals surface area contributed by atoms with Crippen LogP contribution in [0.5, 0.6) is 11.5 Å². The van der Waals surface area contributed by atoms with Crippen LogP contribution in [0.15, 0.2) is 75.0 Å². The van der Waals surface area contributed by atoms with Gasteiger partial charge in [0.2, 0.25) is 0 Å². The number of anilines is 1. The number of hydrogen-bond donors (Lipinski definition) is 1. The molecular formula is C72H81Cl2F3N8O10S2. The van der Waals surface area contributed by atoms with E-state index < -0.39 is 24.4 Å². The average molecular weight is 1410 g/mol. The highest BCUT2D eigenvalue weighted by molar-refractivity contribution is 7.18. The van der Waals surface area contributed by atoms with Crippen LogP contribution in [0.25, 0.3) is 21.3 Å². The van der Waals surface area contributed by atoms with E-state index in [0.717, 1.165) is 79.0 Å². The number of fused-ring (bicyclic) bond motifs is 4. The number of unbranched alkanes of at least 4 members (excludes halogenated alkanes) is 1. The normalized spacial score (nSPS) is 20.5. The number of thiophene rings is 2. The highest BCUT2D eigenvalue weighted by Gasteiger charge is 2.41. The van der Waals surface area contributed by atoms with Crippen molar-refractivity contribution in [3.05, 3.63) is 158 Å². The molecule has 0 amide bonds. The van der Waals surface area contributed by atoms with E-state index in [1.165, 1.54) is 40.1 Å². The molecule has 4 atom stereocenters. The minimum Gasteiger partial charge on any atom is -0.491 e. The van der Waals surface area contributed by atoms with Gasteiger partial charge < -0.3 is 29.0 Å². The fourth-order valence-electron chi connectivity index (χ4n) is 15.1. The van der Waals surface area contributed by atoms with Gasteiger partial charge in [0.15, 0.2) is 0 Å². The number of carbonyl (C=O) groups excluding carboxylic acids is 1. The van der Waals surface area contributed by atoms with Gasteiger partial charge in [-0.3, -0.25) is 38.2 Å². The number of hydrogen-bond acceptors (Lipinski definition) is 17. The molecule has 516 valence electrons. The Morgan fingerprint density at radius 3 is 2.02 bits per heavy atom. The first-order chi connectivity index (χ1) is 46.7. The molecule has 3 aliphatic carbocycles. The molecule has 7 aromatic rings. The maximum Gasteiger partial charge on any atom is 0.522 e. The molecule has 2 aromatic carbocycles. The maximum atomic E-state index is 15.2. The number of allylic oxidation sites excluding steroid dienone is 2. The second-order valence-corrected chi connectivity index (χ2v) is 29.2. The number of alkyl halides is 3. The smallest absolute Gasteiger partial charge is 0.491 e. The zero-order valence-corrected chi connectivity index (χ0v) is 58.1. The van der Waals surface area contributed by atoms with Gasteiger partial charge in [0.25, 0.3) is 11.1 Å². The molecule has 4 unspecified atom stereocenters. The van der Waals surface area contributed by atoms with E-state index in [1.54, 1.807) is 41.1 Å². The van der Waals surface area contributed by atoms with Gasteiger partial charge in [0.05, 0.1) is 69.8 Å². The Bertz CT molecular complexity index is 4230. The number of piperidine rings is 2. The van der Waals surface area contributed by atoms with Gasteiger partial charge in [-0.05, 0) is 166 Å². The number of ether oxygens (including phenoxy) is 5. The van der Waals surface area contributed by atoms with Crippen molar-refractivity contribution < 1.29 is 51.6 Å². The topological polar surface area (TPSA) is 193 Å². The number of likely N-dealkylation sites (tertiary alicyclic amines) is 2. The molecule has 5 aromatic heterocycles. The van der Waals surface area contributed by atoms with Gasteiger partial charge in [0, 0.05) is 116 Å². The number of carbonyl (C=O) groups is 2. The van der Waals surface area contributed by atoms with E-state index in [0.29, 0.717) is 142 Å². The van der Waals surface area contributed by atoms with Gasteiger partial charge in [-0.25, -0.2) is 19.6 Å². The van der Waals surface area contributed by atoms with Crippen molar-refractivity contribution >= 4 is 73.7 Å². The molecule has 13 rings (SSSR count). The third kappa shape index (κ3) is 15.4. The number of benzene rings is 2. The quantitative estimate of drug-likeness (QED) is 0.0361. The van der Waals surface area contributed by atoms with Crippen LogP contribution in [0.4, 0.5) is 18.9 Å². The lowest BCUT2D eigenvalue weighted by molar-refractivity contribution is -0.346. The zero-order chi connectivity index (χ0) is 67.8. The first-order valence-electron chi connectivity index (χ1n) is 34.0. The lowest BCUT2D eigenvalue weighted by atomic mass is 9.85. The lowest BCUT2D eigenvalue weighted by Crippen LogP contribution is -2.48. The number of aromatic carboxylic acids is 1. The SMILES string of the molecule is C/C=C\CCCN1c2c(C(=O)OCc3nc4c(c(=O)n3CCOc3ccc(Cl)cc3-c3cc(C)nc5c(C(=O)O)csc35)CC(N3CCC(OC(F)(F)F)CC3)CC4)csc2C(c2cc(Cl)ccc2OCCn2c(C)nc3c(c2=O)CC(N2CCC(OC4CC4)CC2)CC3)CC1C. The largest absolute Gasteiger partial charge is 0.522 e. The predicted molar refractivity (Wildman–Crippen MR) is 369 cm³/mol.